The zero-order valence-corrected chi connectivity index (χ0v) is 7.97. The van der Waals surface area contributed by atoms with Gasteiger partial charge in [-0.05, 0) is 25.1 Å². The molecule has 1 rings (SSSR count). The maximum Gasteiger partial charge on any atom is 0.429 e. The minimum absolute atomic E-state index is 0.209. The molecular weight excluding hydrogens is 203 g/mol. The topological polar surface area (TPSA) is 12.4 Å². The van der Waals surface area contributed by atoms with Gasteiger partial charge in [0, 0.05) is 5.56 Å². The van der Waals surface area contributed by atoms with Gasteiger partial charge in [0.15, 0.2) is 0 Å². The van der Waals surface area contributed by atoms with Crippen molar-refractivity contribution in [1.29, 1.82) is 0 Å². The van der Waals surface area contributed by atoms with E-state index in [1.54, 1.807) is 12.1 Å². The van der Waals surface area contributed by atoms with Gasteiger partial charge in [-0.2, -0.15) is 13.2 Å². The molecule has 0 amide bonds. The monoisotopic (exact) mass is 211 g/mol. The number of aliphatic imine (C=N–C) groups is 1. The Balaban J connectivity index is 3.04. The van der Waals surface area contributed by atoms with E-state index in [0.717, 1.165) is 6.92 Å². The third-order valence-electron chi connectivity index (χ3n) is 1.72. The van der Waals surface area contributed by atoms with Crippen molar-refractivity contribution in [2.75, 3.05) is 0 Å². The average molecular weight is 211 g/mol. The van der Waals surface area contributed by atoms with Crippen molar-refractivity contribution >= 4 is 11.4 Å². The van der Waals surface area contributed by atoms with Crippen molar-refractivity contribution in [3.8, 4) is 12.3 Å². The lowest BCUT2D eigenvalue weighted by atomic mass is 10.2. The number of rotatable bonds is 1. The first-order valence-electron chi connectivity index (χ1n) is 4.12. The lowest BCUT2D eigenvalue weighted by molar-refractivity contribution is -0.0591. The summed E-state index contributed by atoms with van der Waals surface area (Å²) in [7, 11) is 0. The Morgan fingerprint density at radius 1 is 1.40 bits per heavy atom. The molecule has 0 saturated carbocycles. The normalized spacial score (nSPS) is 12.3. The fourth-order valence-electron chi connectivity index (χ4n) is 0.922. The van der Waals surface area contributed by atoms with Crippen molar-refractivity contribution < 1.29 is 13.2 Å². The van der Waals surface area contributed by atoms with E-state index in [2.05, 4.69) is 10.9 Å². The summed E-state index contributed by atoms with van der Waals surface area (Å²) in [5.74, 6) is 2.33. The highest BCUT2D eigenvalue weighted by molar-refractivity contribution is 5.89. The number of halogens is 3. The molecule has 0 fully saturated rings. The van der Waals surface area contributed by atoms with Gasteiger partial charge in [-0.3, -0.25) is 0 Å². The highest BCUT2D eigenvalue weighted by Gasteiger charge is 2.31. The molecule has 0 aliphatic heterocycles. The van der Waals surface area contributed by atoms with Gasteiger partial charge < -0.3 is 0 Å². The van der Waals surface area contributed by atoms with Crippen LogP contribution in [0.1, 0.15) is 12.5 Å². The standard InChI is InChI=1S/C11H8F3N/c1-3-9-5-4-6-10(7-9)15-8(2)11(12,13)14/h1,4-7H,2H3. The second kappa shape index (κ2) is 4.18. The van der Waals surface area contributed by atoms with Crippen molar-refractivity contribution in [1.82, 2.24) is 0 Å². The number of nitrogens with zero attached hydrogens (tertiary/aromatic N) is 1. The van der Waals surface area contributed by atoms with Gasteiger partial charge in [0.05, 0.1) is 5.69 Å². The van der Waals surface area contributed by atoms with Gasteiger partial charge in [0.1, 0.15) is 5.71 Å². The maximum absolute atomic E-state index is 12.1. The van der Waals surface area contributed by atoms with Crippen molar-refractivity contribution in [3.05, 3.63) is 29.8 Å². The summed E-state index contributed by atoms with van der Waals surface area (Å²) < 4.78 is 36.4. The molecule has 0 radical (unpaired) electrons. The Morgan fingerprint density at radius 3 is 2.60 bits per heavy atom. The van der Waals surface area contributed by atoms with E-state index in [1.165, 1.54) is 12.1 Å². The molecule has 0 heterocycles. The highest BCUT2D eigenvalue weighted by atomic mass is 19.4. The Labute approximate surface area is 85.6 Å². The summed E-state index contributed by atoms with van der Waals surface area (Å²) in [6.45, 7) is 0.919. The minimum Gasteiger partial charge on any atom is -0.249 e. The first kappa shape index (κ1) is 11.3. The molecule has 78 valence electrons. The molecule has 0 saturated heterocycles. The molecule has 0 N–H and O–H groups in total. The van der Waals surface area contributed by atoms with Crippen LogP contribution in [0.2, 0.25) is 0 Å². The summed E-state index contributed by atoms with van der Waals surface area (Å²) in [6, 6.07) is 6.09. The molecule has 0 aliphatic rings. The van der Waals surface area contributed by atoms with E-state index < -0.39 is 11.9 Å². The largest absolute Gasteiger partial charge is 0.429 e. The molecule has 0 bridgehead atoms. The first-order valence-corrected chi connectivity index (χ1v) is 4.12. The van der Waals surface area contributed by atoms with Crippen LogP contribution in [0.25, 0.3) is 0 Å². The molecule has 1 aromatic rings. The van der Waals surface area contributed by atoms with Crippen LogP contribution in [-0.4, -0.2) is 11.9 Å². The van der Waals surface area contributed by atoms with E-state index in [9.17, 15) is 13.2 Å². The molecular formula is C11H8F3N. The zero-order chi connectivity index (χ0) is 11.5. The van der Waals surface area contributed by atoms with Crippen LogP contribution in [0, 0.1) is 12.3 Å². The average Bonchev–Trinajstić information content (AvgIpc) is 2.16. The van der Waals surface area contributed by atoms with E-state index >= 15 is 0 Å². The molecule has 1 nitrogen and oxygen atoms in total. The van der Waals surface area contributed by atoms with Crippen molar-refractivity contribution in [2.24, 2.45) is 4.99 Å². The van der Waals surface area contributed by atoms with E-state index in [1.807, 2.05) is 0 Å². The zero-order valence-electron chi connectivity index (χ0n) is 7.97. The van der Waals surface area contributed by atoms with E-state index in [0.29, 0.717) is 5.56 Å². The van der Waals surface area contributed by atoms with Gasteiger partial charge in [0.2, 0.25) is 0 Å². The van der Waals surface area contributed by atoms with Crippen LogP contribution in [0.4, 0.5) is 18.9 Å². The Hall–Kier alpha value is -1.76. The molecule has 1 aromatic carbocycles. The first-order chi connectivity index (χ1) is 6.93. The predicted molar refractivity (Wildman–Crippen MR) is 53.2 cm³/mol. The van der Waals surface area contributed by atoms with Crippen LogP contribution in [0.5, 0.6) is 0 Å². The van der Waals surface area contributed by atoms with Gasteiger partial charge >= 0.3 is 6.18 Å². The van der Waals surface area contributed by atoms with Crippen LogP contribution >= 0.6 is 0 Å². The predicted octanol–water partition coefficient (Wildman–Crippen LogP) is 3.32. The molecule has 0 aromatic heterocycles. The fourth-order valence-corrected chi connectivity index (χ4v) is 0.922. The fraction of sp³-hybridized carbons (Fsp3) is 0.182. The number of hydrogen-bond acceptors (Lipinski definition) is 1. The Morgan fingerprint density at radius 2 is 2.07 bits per heavy atom. The summed E-state index contributed by atoms with van der Waals surface area (Å²) in [5, 5.41) is 0. The minimum atomic E-state index is -4.40. The molecule has 4 heteroatoms. The van der Waals surface area contributed by atoms with Gasteiger partial charge in [-0.15, -0.1) is 6.42 Å². The second-order valence-corrected chi connectivity index (χ2v) is 2.89. The number of benzene rings is 1. The summed E-state index contributed by atoms with van der Waals surface area (Å²) in [6.07, 6.45) is 0.718. The third-order valence-corrected chi connectivity index (χ3v) is 1.72. The smallest absolute Gasteiger partial charge is 0.249 e. The Bertz CT molecular complexity index is 424. The van der Waals surface area contributed by atoms with Crippen molar-refractivity contribution in [3.63, 3.8) is 0 Å². The third kappa shape index (κ3) is 3.13. The van der Waals surface area contributed by atoms with Crippen molar-refractivity contribution in [2.45, 2.75) is 13.1 Å². The SMILES string of the molecule is C#Cc1cccc(N=C(C)C(F)(F)F)c1. The van der Waals surface area contributed by atoms with Crippen LogP contribution in [0.3, 0.4) is 0 Å². The van der Waals surface area contributed by atoms with Gasteiger partial charge in [0.25, 0.3) is 0 Å². The summed E-state index contributed by atoms with van der Waals surface area (Å²) in [5.41, 5.74) is -0.178. The summed E-state index contributed by atoms with van der Waals surface area (Å²) in [4.78, 5) is 3.44. The summed E-state index contributed by atoms with van der Waals surface area (Å²) >= 11 is 0. The van der Waals surface area contributed by atoms with Gasteiger partial charge in [-0.1, -0.05) is 12.0 Å². The highest BCUT2D eigenvalue weighted by Crippen LogP contribution is 2.21. The quantitative estimate of drug-likeness (QED) is 0.499. The molecule has 0 atom stereocenters. The Kier molecular flexibility index (Phi) is 3.15. The van der Waals surface area contributed by atoms with Crippen LogP contribution < -0.4 is 0 Å². The van der Waals surface area contributed by atoms with Crippen LogP contribution in [-0.2, 0) is 0 Å². The molecule has 0 aliphatic carbocycles. The molecule has 15 heavy (non-hydrogen) atoms. The maximum atomic E-state index is 12.1. The molecule has 0 unspecified atom stereocenters. The lowest BCUT2D eigenvalue weighted by Gasteiger charge is -2.05. The lowest BCUT2D eigenvalue weighted by Crippen LogP contribution is -2.18. The van der Waals surface area contributed by atoms with E-state index in [4.69, 9.17) is 6.42 Å². The van der Waals surface area contributed by atoms with Gasteiger partial charge in [-0.25, -0.2) is 4.99 Å². The molecule has 0 spiro atoms. The number of hydrogen-bond donors (Lipinski definition) is 0. The second-order valence-electron chi connectivity index (χ2n) is 2.89. The number of alkyl halides is 3. The number of terminal acetylenes is 1. The van der Waals surface area contributed by atoms with E-state index in [-0.39, 0.29) is 5.69 Å². The van der Waals surface area contributed by atoms with Crippen LogP contribution in [0.15, 0.2) is 29.3 Å².